The van der Waals surface area contributed by atoms with Gasteiger partial charge in [0.1, 0.15) is 10.5 Å². The maximum Gasteiger partial charge on any atom is 0.350 e. The Balaban J connectivity index is 1.76. The number of hydrogen-bond acceptors (Lipinski definition) is 7. The maximum atomic E-state index is 13.8. The van der Waals surface area contributed by atoms with Gasteiger partial charge in [-0.05, 0) is 63.4 Å². The number of hydrogen-bond donors (Lipinski definition) is 0. The lowest BCUT2D eigenvalue weighted by atomic mass is 9.97. The molecule has 0 radical (unpaired) electrons. The van der Waals surface area contributed by atoms with Crippen LogP contribution in [0.15, 0.2) is 45.6 Å². The van der Waals surface area contributed by atoms with Crippen molar-refractivity contribution in [1.82, 2.24) is 4.98 Å². The largest absolute Gasteiger partial charge is 0.462 e. The van der Waals surface area contributed by atoms with Crippen molar-refractivity contribution in [3.05, 3.63) is 90.8 Å². The van der Waals surface area contributed by atoms with Gasteiger partial charge in [-0.25, -0.2) is 9.78 Å². The van der Waals surface area contributed by atoms with Crippen LogP contribution < -0.4 is 10.3 Å². The maximum absolute atomic E-state index is 13.8. The SMILES string of the molecule is CCOC(=O)c1sc(N2C(=O)c3oc4cc(C)c(C)cc4c(=O)c3[C@H]2c2ccc(C)cc2)nc1C. The molecular weight excluding hydrogens is 464 g/mol. The van der Waals surface area contributed by atoms with E-state index in [1.54, 1.807) is 19.9 Å². The molecule has 2 aromatic heterocycles. The molecule has 1 aliphatic heterocycles. The molecule has 0 saturated heterocycles. The number of carbonyl (C=O) groups is 2. The summed E-state index contributed by atoms with van der Waals surface area (Å²) in [4.78, 5) is 46.3. The van der Waals surface area contributed by atoms with E-state index in [9.17, 15) is 14.4 Å². The topological polar surface area (TPSA) is 89.7 Å². The number of aromatic nitrogens is 1. The molecule has 0 fully saturated rings. The van der Waals surface area contributed by atoms with Crippen LogP contribution in [-0.4, -0.2) is 23.5 Å². The third-order valence-electron chi connectivity index (χ3n) is 6.33. The van der Waals surface area contributed by atoms with Crippen LogP contribution in [-0.2, 0) is 4.74 Å². The van der Waals surface area contributed by atoms with Gasteiger partial charge in [-0.2, -0.15) is 0 Å². The lowest BCUT2D eigenvalue weighted by Gasteiger charge is -2.22. The van der Waals surface area contributed by atoms with Crippen LogP contribution in [0.4, 0.5) is 5.13 Å². The number of benzene rings is 2. The molecule has 0 unspecified atom stereocenters. The van der Waals surface area contributed by atoms with Crippen LogP contribution in [0.2, 0.25) is 0 Å². The van der Waals surface area contributed by atoms with Crippen molar-refractivity contribution < 1.29 is 18.7 Å². The minimum atomic E-state index is -0.735. The summed E-state index contributed by atoms with van der Waals surface area (Å²) in [5.41, 5.74) is 4.60. The van der Waals surface area contributed by atoms with Crippen molar-refractivity contribution in [1.29, 1.82) is 0 Å². The van der Waals surface area contributed by atoms with Gasteiger partial charge in [-0.3, -0.25) is 14.5 Å². The van der Waals surface area contributed by atoms with E-state index in [0.717, 1.165) is 33.6 Å². The van der Waals surface area contributed by atoms with Gasteiger partial charge in [-0.1, -0.05) is 41.2 Å². The number of nitrogens with zero attached hydrogens (tertiary/aromatic N) is 2. The van der Waals surface area contributed by atoms with Gasteiger partial charge in [0.15, 0.2) is 10.6 Å². The van der Waals surface area contributed by atoms with Crippen LogP contribution in [0.25, 0.3) is 11.0 Å². The number of carbonyl (C=O) groups excluding carboxylic acids is 2. The molecule has 1 amide bonds. The summed E-state index contributed by atoms with van der Waals surface area (Å²) in [5, 5.41) is 0.740. The average molecular weight is 489 g/mol. The number of thiazole rings is 1. The van der Waals surface area contributed by atoms with E-state index < -0.39 is 17.9 Å². The number of aryl methyl sites for hydroxylation is 4. The van der Waals surface area contributed by atoms with Gasteiger partial charge < -0.3 is 9.15 Å². The second-order valence-corrected chi connectivity index (χ2v) is 9.70. The minimum Gasteiger partial charge on any atom is -0.462 e. The number of rotatable bonds is 4. The number of anilines is 1. The predicted octanol–water partition coefficient (Wildman–Crippen LogP) is 5.41. The third-order valence-corrected chi connectivity index (χ3v) is 7.47. The average Bonchev–Trinajstić information content (AvgIpc) is 3.34. The molecule has 8 heteroatoms. The van der Waals surface area contributed by atoms with Crippen molar-refractivity contribution in [2.45, 2.75) is 40.7 Å². The molecule has 0 N–H and O–H groups in total. The van der Waals surface area contributed by atoms with Crippen LogP contribution >= 0.6 is 11.3 Å². The monoisotopic (exact) mass is 488 g/mol. The molecule has 3 heterocycles. The summed E-state index contributed by atoms with van der Waals surface area (Å²) in [6.07, 6.45) is 0. The summed E-state index contributed by atoms with van der Waals surface area (Å²) >= 11 is 1.07. The van der Waals surface area contributed by atoms with E-state index in [1.165, 1.54) is 4.90 Å². The van der Waals surface area contributed by atoms with Gasteiger partial charge in [0.25, 0.3) is 5.91 Å². The fourth-order valence-electron chi connectivity index (χ4n) is 4.36. The summed E-state index contributed by atoms with van der Waals surface area (Å²) in [6, 6.07) is 10.5. The van der Waals surface area contributed by atoms with Crippen molar-refractivity contribution in [2.24, 2.45) is 0 Å². The van der Waals surface area contributed by atoms with Gasteiger partial charge in [0.2, 0.25) is 5.76 Å². The van der Waals surface area contributed by atoms with Gasteiger partial charge >= 0.3 is 5.97 Å². The van der Waals surface area contributed by atoms with Crippen LogP contribution in [0, 0.1) is 27.7 Å². The lowest BCUT2D eigenvalue weighted by molar-refractivity contribution is 0.0531. The molecule has 0 saturated carbocycles. The second kappa shape index (κ2) is 8.46. The predicted molar refractivity (Wildman–Crippen MR) is 135 cm³/mol. The first-order chi connectivity index (χ1) is 16.7. The zero-order valence-corrected chi connectivity index (χ0v) is 20.9. The number of esters is 1. The normalized spacial score (nSPS) is 15.1. The first-order valence-electron chi connectivity index (χ1n) is 11.3. The summed E-state index contributed by atoms with van der Waals surface area (Å²) in [7, 11) is 0. The number of ether oxygens (including phenoxy) is 1. The molecule has 4 aromatic rings. The lowest BCUT2D eigenvalue weighted by Crippen LogP contribution is -2.29. The van der Waals surface area contributed by atoms with Crippen LogP contribution in [0.3, 0.4) is 0 Å². The van der Waals surface area contributed by atoms with E-state index in [2.05, 4.69) is 4.98 Å². The highest BCUT2D eigenvalue weighted by Gasteiger charge is 2.45. The molecule has 5 rings (SSSR count). The standard InChI is InChI=1S/C27H24N2O5S/c1-6-33-26(32)24-16(5)28-27(35-24)29-21(17-9-7-13(2)8-10-17)20-22(30)18-11-14(3)15(4)12-19(18)34-23(20)25(29)31/h7-12,21H,6H2,1-5H3/t21-/m1/s1. The molecule has 1 atom stereocenters. The van der Waals surface area contributed by atoms with E-state index in [4.69, 9.17) is 9.15 Å². The van der Waals surface area contributed by atoms with Crippen molar-refractivity contribution in [2.75, 3.05) is 11.5 Å². The Kier molecular flexibility index (Phi) is 5.56. The van der Waals surface area contributed by atoms with E-state index >= 15 is 0 Å². The van der Waals surface area contributed by atoms with Crippen LogP contribution in [0.1, 0.15) is 66.7 Å². The van der Waals surface area contributed by atoms with E-state index in [-0.39, 0.29) is 23.4 Å². The number of fused-ring (bicyclic) bond motifs is 2. The Hall–Kier alpha value is -3.78. The summed E-state index contributed by atoms with van der Waals surface area (Å²) in [5.74, 6) is -0.954. The molecule has 35 heavy (non-hydrogen) atoms. The van der Waals surface area contributed by atoms with Crippen molar-refractivity contribution >= 4 is 39.3 Å². The fraction of sp³-hybridized carbons (Fsp3) is 0.259. The fourth-order valence-corrected chi connectivity index (χ4v) is 5.35. The Morgan fingerprint density at radius 1 is 1.09 bits per heavy atom. The van der Waals surface area contributed by atoms with Crippen molar-refractivity contribution in [3.8, 4) is 0 Å². The Morgan fingerprint density at radius 3 is 2.46 bits per heavy atom. The quantitative estimate of drug-likeness (QED) is 0.357. The zero-order valence-electron chi connectivity index (χ0n) is 20.1. The molecule has 7 nitrogen and oxygen atoms in total. The van der Waals surface area contributed by atoms with Crippen molar-refractivity contribution in [3.63, 3.8) is 0 Å². The summed E-state index contributed by atoms with van der Waals surface area (Å²) in [6.45, 7) is 9.50. The van der Waals surface area contributed by atoms with E-state index in [0.29, 0.717) is 26.7 Å². The van der Waals surface area contributed by atoms with E-state index in [1.807, 2.05) is 51.1 Å². The first kappa shape index (κ1) is 23.0. The number of amides is 1. The van der Waals surface area contributed by atoms with Gasteiger partial charge in [0, 0.05) is 0 Å². The molecule has 0 bridgehead atoms. The third kappa shape index (κ3) is 3.65. The smallest absolute Gasteiger partial charge is 0.350 e. The Labute approximate surface area is 206 Å². The highest BCUT2D eigenvalue weighted by molar-refractivity contribution is 7.17. The highest BCUT2D eigenvalue weighted by atomic mass is 32.1. The minimum absolute atomic E-state index is 0.00173. The van der Waals surface area contributed by atoms with Gasteiger partial charge in [0.05, 0.1) is 29.3 Å². The van der Waals surface area contributed by atoms with Gasteiger partial charge in [-0.15, -0.1) is 0 Å². The Bertz CT molecular complexity index is 1570. The highest BCUT2D eigenvalue weighted by Crippen LogP contribution is 2.43. The molecule has 2 aromatic carbocycles. The summed E-state index contributed by atoms with van der Waals surface area (Å²) < 4.78 is 11.2. The molecule has 1 aliphatic rings. The van der Waals surface area contributed by atoms with Crippen LogP contribution in [0.5, 0.6) is 0 Å². The second-order valence-electron chi connectivity index (χ2n) is 8.73. The zero-order chi connectivity index (χ0) is 25.0. The molecule has 0 aliphatic carbocycles. The molecule has 0 spiro atoms. The Morgan fingerprint density at radius 2 is 1.77 bits per heavy atom. The molecular formula is C27H24N2O5S. The molecule has 178 valence electrons. The first-order valence-corrected chi connectivity index (χ1v) is 12.2.